The van der Waals surface area contributed by atoms with E-state index in [9.17, 15) is 4.39 Å². The minimum atomic E-state index is -0.226. The number of halogens is 1. The molecule has 4 heteroatoms. The first-order valence-electron chi connectivity index (χ1n) is 7.67. The average molecular weight is 328 g/mol. The van der Waals surface area contributed by atoms with Crippen LogP contribution in [-0.2, 0) is 6.42 Å². The van der Waals surface area contributed by atoms with Crippen LogP contribution in [0.25, 0.3) is 0 Å². The van der Waals surface area contributed by atoms with Crippen LogP contribution >= 0.6 is 11.8 Å². The number of rotatable bonds is 4. The number of nitrogens with one attached hydrogen (secondary N) is 2. The van der Waals surface area contributed by atoms with Crippen LogP contribution in [0.4, 0.5) is 10.1 Å². The van der Waals surface area contributed by atoms with E-state index in [1.54, 1.807) is 12.1 Å². The van der Waals surface area contributed by atoms with Crippen molar-refractivity contribution < 1.29 is 4.39 Å². The summed E-state index contributed by atoms with van der Waals surface area (Å²) < 4.78 is 12.9. The zero-order chi connectivity index (χ0) is 16.4. The summed E-state index contributed by atoms with van der Waals surface area (Å²) in [6, 6.07) is 14.9. The van der Waals surface area contributed by atoms with E-state index in [1.807, 2.05) is 11.8 Å². The van der Waals surface area contributed by atoms with Crippen molar-refractivity contribution in [2.24, 2.45) is 0 Å². The third-order valence-corrected chi connectivity index (χ3v) is 5.64. The lowest BCUT2D eigenvalue weighted by Crippen LogP contribution is -2.27. The Bertz CT molecular complexity index is 714. The first kappa shape index (κ1) is 15.9. The summed E-state index contributed by atoms with van der Waals surface area (Å²) in [5.41, 5.74) is 4.58. The normalized spacial score (nSPS) is 23.6. The molecule has 2 atom stereocenters. The quantitative estimate of drug-likeness (QED) is 0.852. The van der Waals surface area contributed by atoms with E-state index in [0.717, 1.165) is 17.8 Å². The molecule has 2 unspecified atom stereocenters. The van der Waals surface area contributed by atoms with Gasteiger partial charge in [0.05, 0.1) is 4.75 Å². The van der Waals surface area contributed by atoms with Gasteiger partial charge in [0.25, 0.3) is 0 Å². The second-order valence-electron chi connectivity index (χ2n) is 6.11. The van der Waals surface area contributed by atoms with Gasteiger partial charge in [-0.1, -0.05) is 30.8 Å². The maximum Gasteiger partial charge on any atom is 0.146 e. The first-order valence-corrected chi connectivity index (χ1v) is 8.55. The van der Waals surface area contributed by atoms with Gasteiger partial charge in [0, 0.05) is 11.4 Å². The van der Waals surface area contributed by atoms with E-state index < -0.39 is 0 Å². The molecule has 23 heavy (non-hydrogen) atoms. The molecular weight excluding hydrogens is 307 g/mol. The number of hydrogen-bond donors (Lipinski definition) is 2. The molecule has 120 valence electrons. The summed E-state index contributed by atoms with van der Waals surface area (Å²) in [6.45, 7) is 8.56. The Labute approximate surface area is 141 Å². The van der Waals surface area contributed by atoms with Crippen LogP contribution in [0.5, 0.6) is 0 Å². The fraction of sp³-hybridized carbons (Fsp3) is 0.263. The highest BCUT2D eigenvalue weighted by atomic mass is 32.2. The number of aryl methyl sites for hydroxylation is 1. The molecule has 0 bridgehead atoms. The van der Waals surface area contributed by atoms with Crippen molar-refractivity contribution in [3.05, 3.63) is 77.8 Å². The lowest BCUT2D eigenvalue weighted by molar-refractivity contribution is 0.628. The summed E-state index contributed by atoms with van der Waals surface area (Å²) in [5.74, 6) is -0.226. The first-order chi connectivity index (χ1) is 11.0. The van der Waals surface area contributed by atoms with Crippen LogP contribution < -0.4 is 10.6 Å². The molecule has 1 aliphatic rings. The van der Waals surface area contributed by atoms with E-state index in [2.05, 4.69) is 55.3 Å². The van der Waals surface area contributed by atoms with Gasteiger partial charge in [-0.25, -0.2) is 4.39 Å². The van der Waals surface area contributed by atoms with Crippen molar-refractivity contribution in [2.45, 2.75) is 30.5 Å². The van der Waals surface area contributed by atoms with E-state index in [0.29, 0.717) is 0 Å². The molecule has 0 aromatic heterocycles. The molecule has 1 saturated heterocycles. The highest BCUT2D eigenvalue weighted by Crippen LogP contribution is 2.42. The SMILES string of the molecule is C=C1NC(Nc2ccc(F)cc2)SC1(C)Cc1ccccc1C. The number of benzene rings is 2. The van der Waals surface area contributed by atoms with E-state index in [4.69, 9.17) is 0 Å². The van der Waals surface area contributed by atoms with Gasteiger partial charge >= 0.3 is 0 Å². The zero-order valence-electron chi connectivity index (χ0n) is 13.4. The Morgan fingerprint density at radius 3 is 2.61 bits per heavy atom. The van der Waals surface area contributed by atoms with Gasteiger partial charge in [-0.2, -0.15) is 0 Å². The predicted molar refractivity (Wildman–Crippen MR) is 97.0 cm³/mol. The molecule has 1 heterocycles. The van der Waals surface area contributed by atoms with Crippen LogP contribution in [-0.4, -0.2) is 10.2 Å². The maximum absolute atomic E-state index is 13.0. The van der Waals surface area contributed by atoms with Crippen molar-refractivity contribution in [3.8, 4) is 0 Å². The molecule has 0 saturated carbocycles. The van der Waals surface area contributed by atoms with Crippen molar-refractivity contribution in [1.29, 1.82) is 0 Å². The van der Waals surface area contributed by atoms with Gasteiger partial charge in [0.1, 0.15) is 11.3 Å². The lowest BCUT2D eigenvalue weighted by atomic mass is 9.95. The highest BCUT2D eigenvalue weighted by molar-refractivity contribution is 8.01. The van der Waals surface area contributed by atoms with Crippen molar-refractivity contribution in [1.82, 2.24) is 5.32 Å². The summed E-state index contributed by atoms with van der Waals surface area (Å²) in [6.07, 6.45) is 0.928. The van der Waals surface area contributed by atoms with Crippen LogP contribution in [0.15, 0.2) is 60.8 Å². The van der Waals surface area contributed by atoms with Crippen molar-refractivity contribution in [2.75, 3.05) is 5.32 Å². The Hall–Kier alpha value is -1.94. The lowest BCUT2D eigenvalue weighted by Gasteiger charge is -2.24. The number of thioether (sulfide) groups is 1. The predicted octanol–water partition coefficient (Wildman–Crippen LogP) is 4.68. The molecule has 0 amide bonds. The fourth-order valence-electron chi connectivity index (χ4n) is 2.75. The Balaban J connectivity index is 1.71. The minimum absolute atomic E-state index is 0.0296. The van der Waals surface area contributed by atoms with Crippen LogP contribution in [0, 0.1) is 12.7 Å². The highest BCUT2D eigenvalue weighted by Gasteiger charge is 2.39. The van der Waals surface area contributed by atoms with Crippen LogP contribution in [0.2, 0.25) is 0 Å². The molecule has 0 aliphatic carbocycles. The maximum atomic E-state index is 13.0. The Kier molecular flexibility index (Phi) is 4.35. The minimum Gasteiger partial charge on any atom is -0.360 e. The summed E-state index contributed by atoms with van der Waals surface area (Å²) >= 11 is 1.81. The van der Waals surface area contributed by atoms with Gasteiger partial charge in [0.15, 0.2) is 0 Å². The number of anilines is 1. The van der Waals surface area contributed by atoms with E-state index >= 15 is 0 Å². The fourth-order valence-corrected chi connectivity index (χ4v) is 4.11. The molecular formula is C19H21FN2S. The summed E-state index contributed by atoms with van der Waals surface area (Å²) in [7, 11) is 0. The second-order valence-corrected chi connectivity index (χ2v) is 7.71. The monoisotopic (exact) mass is 328 g/mol. The zero-order valence-corrected chi connectivity index (χ0v) is 14.2. The third-order valence-electron chi connectivity index (χ3n) is 4.25. The molecule has 2 nitrogen and oxygen atoms in total. The van der Waals surface area contributed by atoms with Crippen molar-refractivity contribution in [3.63, 3.8) is 0 Å². The van der Waals surface area contributed by atoms with Gasteiger partial charge in [-0.3, -0.25) is 0 Å². The molecule has 2 aromatic rings. The molecule has 1 aliphatic heterocycles. The Morgan fingerprint density at radius 2 is 1.91 bits per heavy atom. The van der Waals surface area contributed by atoms with Crippen LogP contribution in [0.3, 0.4) is 0 Å². The average Bonchev–Trinajstić information content (AvgIpc) is 2.78. The molecule has 0 spiro atoms. The molecule has 3 rings (SSSR count). The van der Waals surface area contributed by atoms with E-state index in [-0.39, 0.29) is 16.1 Å². The molecule has 2 aromatic carbocycles. The van der Waals surface area contributed by atoms with Gasteiger partial charge in [-0.05, 0) is 55.7 Å². The number of hydrogen-bond acceptors (Lipinski definition) is 3. The van der Waals surface area contributed by atoms with Gasteiger partial charge in [-0.15, -0.1) is 11.8 Å². The molecule has 0 radical (unpaired) electrons. The van der Waals surface area contributed by atoms with Gasteiger partial charge in [0.2, 0.25) is 0 Å². The third kappa shape index (κ3) is 3.53. The van der Waals surface area contributed by atoms with E-state index in [1.165, 1.54) is 23.3 Å². The topological polar surface area (TPSA) is 24.1 Å². The molecule has 2 N–H and O–H groups in total. The standard InChI is InChI=1S/C19H21FN2S/c1-13-6-4-5-7-15(13)12-19(3)14(2)21-18(23-19)22-17-10-8-16(20)9-11-17/h4-11,18,21-22H,2,12H2,1,3H3. The largest absolute Gasteiger partial charge is 0.360 e. The second kappa shape index (κ2) is 6.28. The Morgan fingerprint density at radius 1 is 1.22 bits per heavy atom. The smallest absolute Gasteiger partial charge is 0.146 e. The van der Waals surface area contributed by atoms with Crippen molar-refractivity contribution >= 4 is 17.4 Å². The van der Waals surface area contributed by atoms with Gasteiger partial charge < -0.3 is 10.6 Å². The molecule has 1 fully saturated rings. The van der Waals surface area contributed by atoms with Crippen LogP contribution in [0.1, 0.15) is 18.1 Å². The summed E-state index contributed by atoms with van der Waals surface area (Å²) in [4.78, 5) is 0. The summed E-state index contributed by atoms with van der Waals surface area (Å²) in [5, 5.41) is 6.79.